The number of hydrogen-bond acceptors (Lipinski definition) is 3. The molecule has 1 N–H and O–H groups in total. The largest absolute Gasteiger partial charge is 0.342 e. The quantitative estimate of drug-likeness (QED) is 0.556. The third-order valence-corrected chi connectivity index (χ3v) is 4.93. The zero-order valence-corrected chi connectivity index (χ0v) is 10.5. The molecule has 0 aromatic heterocycles. The van der Waals surface area contributed by atoms with Gasteiger partial charge in [-0.15, -0.1) is 0 Å². The number of ether oxygens (including phenoxy) is 2. The Morgan fingerprint density at radius 1 is 1.29 bits per heavy atom. The summed E-state index contributed by atoms with van der Waals surface area (Å²) in [6, 6.07) is 0. The van der Waals surface area contributed by atoms with Crippen LogP contribution in [0.1, 0.15) is 34.6 Å². The molecule has 0 aromatic rings. The van der Waals surface area contributed by atoms with Crippen molar-refractivity contribution in [1.29, 1.82) is 0 Å². The van der Waals surface area contributed by atoms with Gasteiger partial charge in [0.15, 0.2) is 0 Å². The summed E-state index contributed by atoms with van der Waals surface area (Å²) in [5, 5.41) is 0. The van der Waals surface area contributed by atoms with Crippen LogP contribution >= 0.6 is 7.37 Å². The molecule has 0 heterocycles. The van der Waals surface area contributed by atoms with Crippen LogP contribution in [0.3, 0.4) is 0 Å². The summed E-state index contributed by atoms with van der Waals surface area (Å²) >= 11 is 0. The lowest BCUT2D eigenvalue weighted by molar-refractivity contribution is -0.167. The molecule has 86 valence electrons. The molecular formula is C9H21O4P. The molecule has 5 heteroatoms. The topological polar surface area (TPSA) is 55.8 Å². The second-order valence-electron chi connectivity index (χ2n) is 3.48. The Balaban J connectivity index is 4.88. The lowest BCUT2D eigenvalue weighted by atomic mass is 10.6. The Morgan fingerprint density at radius 2 is 1.64 bits per heavy atom. The first-order chi connectivity index (χ1) is 6.31. The van der Waals surface area contributed by atoms with E-state index in [0.717, 1.165) is 0 Å². The van der Waals surface area contributed by atoms with Crippen LogP contribution in [0.25, 0.3) is 0 Å². The van der Waals surface area contributed by atoms with Gasteiger partial charge < -0.3 is 14.4 Å². The minimum atomic E-state index is -3.46. The van der Waals surface area contributed by atoms with Gasteiger partial charge in [-0.1, -0.05) is 13.8 Å². The molecule has 0 rings (SSSR count). The monoisotopic (exact) mass is 224 g/mol. The first-order valence-electron chi connectivity index (χ1n) is 4.92. The smallest absolute Gasteiger partial charge is 0.260 e. The standard InChI is InChI=1S/C9H21O4P/c1-6-12-9(5,13-7-2)14(10,11)8(3)4/h8H,6-7H2,1-5H3,(H,10,11). The minimum Gasteiger partial charge on any atom is -0.342 e. The second kappa shape index (κ2) is 5.26. The van der Waals surface area contributed by atoms with Gasteiger partial charge in [0.25, 0.3) is 7.37 Å². The molecule has 4 nitrogen and oxygen atoms in total. The van der Waals surface area contributed by atoms with Crippen molar-refractivity contribution >= 4 is 7.37 Å². The fourth-order valence-corrected chi connectivity index (χ4v) is 2.80. The Hall–Kier alpha value is 0.110. The zero-order valence-electron chi connectivity index (χ0n) is 9.61. The van der Waals surface area contributed by atoms with Crippen molar-refractivity contribution in [1.82, 2.24) is 0 Å². The molecule has 1 unspecified atom stereocenters. The van der Waals surface area contributed by atoms with Gasteiger partial charge in [0.1, 0.15) is 0 Å². The van der Waals surface area contributed by atoms with Gasteiger partial charge >= 0.3 is 0 Å². The van der Waals surface area contributed by atoms with Crippen LogP contribution in [0.5, 0.6) is 0 Å². The van der Waals surface area contributed by atoms with Gasteiger partial charge in [0.05, 0.1) is 0 Å². The summed E-state index contributed by atoms with van der Waals surface area (Å²) in [4.78, 5) is 9.88. The molecule has 0 aliphatic carbocycles. The Labute approximate surface area is 86.1 Å². The Kier molecular flexibility index (Phi) is 5.31. The minimum absolute atomic E-state index is 0.355. The van der Waals surface area contributed by atoms with E-state index in [1.165, 1.54) is 6.92 Å². The molecule has 0 fully saturated rings. The zero-order chi connectivity index (χ0) is 11.4. The van der Waals surface area contributed by atoms with Crippen molar-refractivity contribution in [3.8, 4) is 0 Å². The normalized spacial score (nSPS) is 17.1. The van der Waals surface area contributed by atoms with Crippen molar-refractivity contribution in [3.05, 3.63) is 0 Å². The van der Waals surface area contributed by atoms with E-state index in [4.69, 9.17) is 9.47 Å². The average Bonchev–Trinajstić information content (AvgIpc) is 2.04. The van der Waals surface area contributed by atoms with Gasteiger partial charge in [-0.2, -0.15) is 0 Å². The second-order valence-corrected chi connectivity index (χ2v) is 6.57. The molecule has 14 heavy (non-hydrogen) atoms. The highest BCUT2D eigenvalue weighted by Gasteiger charge is 2.47. The average molecular weight is 224 g/mol. The highest BCUT2D eigenvalue weighted by molar-refractivity contribution is 7.59. The van der Waals surface area contributed by atoms with Crippen molar-refractivity contribution in [2.75, 3.05) is 13.2 Å². The van der Waals surface area contributed by atoms with Gasteiger partial charge in [0.2, 0.25) is 5.53 Å². The molecule has 0 saturated carbocycles. The van der Waals surface area contributed by atoms with Gasteiger partial charge in [0, 0.05) is 18.9 Å². The van der Waals surface area contributed by atoms with Crippen LogP contribution in [0, 0.1) is 0 Å². The Morgan fingerprint density at radius 3 is 1.86 bits per heavy atom. The molecule has 0 spiro atoms. The maximum absolute atomic E-state index is 12.0. The Bertz CT molecular complexity index is 209. The summed E-state index contributed by atoms with van der Waals surface area (Å²) in [5.41, 5.74) is -1.74. The number of hydrogen-bond donors (Lipinski definition) is 1. The highest BCUT2D eigenvalue weighted by atomic mass is 31.2. The summed E-state index contributed by atoms with van der Waals surface area (Å²) in [6.07, 6.45) is 0. The van der Waals surface area contributed by atoms with Crippen LogP contribution in [0.2, 0.25) is 0 Å². The summed E-state index contributed by atoms with van der Waals surface area (Å²) < 4.78 is 22.5. The maximum Gasteiger partial charge on any atom is 0.260 e. The van der Waals surface area contributed by atoms with Gasteiger partial charge in [-0.3, -0.25) is 4.57 Å². The summed E-state index contributed by atoms with van der Waals surface area (Å²) in [7, 11) is -3.46. The fraction of sp³-hybridized carbons (Fsp3) is 1.00. The van der Waals surface area contributed by atoms with Crippen LogP contribution < -0.4 is 0 Å². The van der Waals surface area contributed by atoms with Crippen molar-refractivity contribution in [2.45, 2.75) is 45.8 Å². The van der Waals surface area contributed by atoms with E-state index in [2.05, 4.69) is 0 Å². The predicted molar refractivity (Wildman–Crippen MR) is 56.6 cm³/mol. The van der Waals surface area contributed by atoms with Crippen molar-refractivity contribution < 1.29 is 18.9 Å². The maximum atomic E-state index is 12.0. The van der Waals surface area contributed by atoms with E-state index in [0.29, 0.717) is 13.2 Å². The van der Waals surface area contributed by atoms with E-state index < -0.39 is 12.9 Å². The third-order valence-electron chi connectivity index (χ3n) is 2.11. The summed E-state index contributed by atoms with van der Waals surface area (Å²) in [5.74, 6) is 0. The molecule has 0 aliphatic heterocycles. The van der Waals surface area contributed by atoms with Crippen molar-refractivity contribution in [3.63, 3.8) is 0 Å². The SMILES string of the molecule is CCOC(C)(OCC)P(=O)(O)C(C)C. The first kappa shape index (κ1) is 14.1. The lowest BCUT2D eigenvalue weighted by Gasteiger charge is -2.35. The van der Waals surface area contributed by atoms with E-state index >= 15 is 0 Å². The molecular weight excluding hydrogens is 203 g/mol. The molecule has 0 bridgehead atoms. The third kappa shape index (κ3) is 2.80. The van der Waals surface area contributed by atoms with Gasteiger partial charge in [-0.25, -0.2) is 0 Å². The number of rotatable bonds is 6. The lowest BCUT2D eigenvalue weighted by Crippen LogP contribution is -2.35. The van der Waals surface area contributed by atoms with Crippen molar-refractivity contribution in [2.24, 2.45) is 0 Å². The molecule has 0 radical (unpaired) electrons. The molecule has 1 atom stereocenters. The van der Waals surface area contributed by atoms with Crippen LogP contribution in [-0.2, 0) is 14.0 Å². The van der Waals surface area contributed by atoms with E-state index in [-0.39, 0.29) is 5.66 Å². The molecule has 0 saturated heterocycles. The van der Waals surface area contributed by atoms with E-state index in [1.54, 1.807) is 27.7 Å². The van der Waals surface area contributed by atoms with Gasteiger partial charge in [-0.05, 0) is 20.8 Å². The molecule has 0 amide bonds. The van der Waals surface area contributed by atoms with Crippen LogP contribution in [0.15, 0.2) is 0 Å². The van der Waals surface area contributed by atoms with Crippen LogP contribution in [0.4, 0.5) is 0 Å². The molecule has 0 aliphatic rings. The predicted octanol–water partition coefficient (Wildman–Crippen LogP) is 2.41. The van der Waals surface area contributed by atoms with E-state index in [9.17, 15) is 9.46 Å². The first-order valence-corrected chi connectivity index (χ1v) is 6.65. The van der Waals surface area contributed by atoms with Crippen LogP contribution in [-0.4, -0.2) is 29.3 Å². The van der Waals surface area contributed by atoms with E-state index in [1.807, 2.05) is 0 Å². The molecule has 0 aromatic carbocycles. The fourth-order valence-electron chi connectivity index (χ4n) is 1.23. The highest BCUT2D eigenvalue weighted by Crippen LogP contribution is 2.59. The summed E-state index contributed by atoms with van der Waals surface area (Å²) in [6.45, 7) is 9.17.